The first-order chi connectivity index (χ1) is 17.0. The molecule has 194 valence electrons. The summed E-state index contributed by atoms with van der Waals surface area (Å²) in [5.74, 6) is -0.0806. The van der Waals surface area contributed by atoms with E-state index in [2.05, 4.69) is 15.3 Å². The molecular weight excluding hydrogens is 524 g/mol. The molecule has 3 saturated heterocycles. The zero-order chi connectivity index (χ0) is 24.3. The van der Waals surface area contributed by atoms with Crippen LogP contribution in [0.3, 0.4) is 0 Å². The van der Waals surface area contributed by atoms with E-state index < -0.39 is 11.6 Å². The van der Waals surface area contributed by atoms with Crippen molar-refractivity contribution in [1.29, 1.82) is 0 Å². The number of hydrogen-bond donors (Lipinski definition) is 2. The van der Waals surface area contributed by atoms with Gasteiger partial charge in [0.2, 0.25) is 0 Å². The van der Waals surface area contributed by atoms with Gasteiger partial charge in [0, 0.05) is 37.1 Å². The van der Waals surface area contributed by atoms with Crippen LogP contribution >= 0.6 is 0 Å². The van der Waals surface area contributed by atoms with Crippen molar-refractivity contribution < 1.29 is 40.9 Å². The first kappa shape index (κ1) is 26.7. The molecule has 1 aliphatic carbocycles. The summed E-state index contributed by atoms with van der Waals surface area (Å²) in [6.07, 6.45) is 11.0. The maximum Gasteiger partial charge on any atom is 0.343 e. The van der Waals surface area contributed by atoms with Gasteiger partial charge in [-0.25, -0.2) is 9.78 Å². The first-order valence-electron chi connectivity index (χ1n) is 12.9. The monoisotopic (exact) mass is 558 g/mol. The molecule has 3 aliphatic heterocycles. The van der Waals surface area contributed by atoms with Crippen molar-refractivity contribution in [2.75, 3.05) is 31.5 Å². The lowest BCUT2D eigenvalue weighted by atomic mass is 9.73. The molecule has 2 aromatic rings. The molecule has 4 fully saturated rings. The molecule has 8 nitrogen and oxygen atoms in total. The Kier molecular flexibility index (Phi) is 8.42. The Morgan fingerprint density at radius 3 is 2.44 bits per heavy atom. The van der Waals surface area contributed by atoms with Gasteiger partial charge in [0.05, 0.1) is 19.3 Å². The number of aromatic nitrogens is 2. The van der Waals surface area contributed by atoms with Gasteiger partial charge in [0.25, 0.3) is 5.91 Å². The number of halogens is 1. The molecule has 1 aromatic carbocycles. The van der Waals surface area contributed by atoms with Crippen LogP contribution < -0.4 is 22.3 Å². The topological polar surface area (TPSA) is 101 Å². The number of piperidine rings is 3. The number of esters is 1. The molecule has 6 rings (SSSR count). The number of nitrogens with one attached hydrogen (secondary N) is 1. The molecule has 9 heteroatoms. The molecule has 0 radical (unpaired) electrons. The van der Waals surface area contributed by atoms with Crippen molar-refractivity contribution >= 4 is 17.7 Å². The van der Waals surface area contributed by atoms with Crippen molar-refractivity contribution in [2.45, 2.75) is 56.7 Å². The highest BCUT2D eigenvalue weighted by atomic mass is 79.9. The van der Waals surface area contributed by atoms with Crippen LogP contribution in [0.15, 0.2) is 48.9 Å². The number of benzene rings is 1. The van der Waals surface area contributed by atoms with E-state index in [1.165, 1.54) is 6.20 Å². The van der Waals surface area contributed by atoms with E-state index >= 15 is 0 Å². The van der Waals surface area contributed by atoms with Gasteiger partial charge in [0.15, 0.2) is 24.1 Å². The van der Waals surface area contributed by atoms with Crippen LogP contribution in [0.1, 0.15) is 50.5 Å². The molecule has 4 heterocycles. The van der Waals surface area contributed by atoms with Gasteiger partial charge in [-0.2, -0.15) is 0 Å². The van der Waals surface area contributed by atoms with Crippen LogP contribution in [-0.4, -0.2) is 63.7 Å². The summed E-state index contributed by atoms with van der Waals surface area (Å²) in [5, 5.41) is 14.7. The average molecular weight is 560 g/mol. The number of nitrogens with zero attached hydrogens (tertiary/aromatic N) is 3. The largest absolute Gasteiger partial charge is 1.00 e. The smallest absolute Gasteiger partial charge is 0.343 e. The zero-order valence-electron chi connectivity index (χ0n) is 20.5. The minimum absolute atomic E-state index is 0. The number of fused-ring (bicyclic) bond motifs is 3. The Morgan fingerprint density at radius 2 is 1.78 bits per heavy atom. The summed E-state index contributed by atoms with van der Waals surface area (Å²) < 4.78 is 6.76. The Balaban J connectivity index is 0.00000304. The predicted molar refractivity (Wildman–Crippen MR) is 130 cm³/mol. The highest BCUT2D eigenvalue weighted by Crippen LogP contribution is 2.42. The lowest BCUT2D eigenvalue weighted by molar-refractivity contribution is -0.939. The molecule has 4 aliphatic rings. The second-order valence-corrected chi connectivity index (χ2v) is 10.5. The fraction of sp³-hybridized carbons (Fsp3) is 0.556. The summed E-state index contributed by atoms with van der Waals surface area (Å²) in [4.78, 5) is 34.6. The van der Waals surface area contributed by atoms with Crippen LogP contribution in [0.4, 0.5) is 5.82 Å². The van der Waals surface area contributed by atoms with Crippen molar-refractivity contribution in [2.24, 2.45) is 11.8 Å². The summed E-state index contributed by atoms with van der Waals surface area (Å²) in [6.45, 7) is 2.68. The summed E-state index contributed by atoms with van der Waals surface area (Å²) in [7, 11) is 0. The number of amides is 1. The maximum absolute atomic E-state index is 13.7. The Morgan fingerprint density at radius 1 is 1.06 bits per heavy atom. The van der Waals surface area contributed by atoms with E-state index in [1.807, 2.05) is 30.3 Å². The van der Waals surface area contributed by atoms with E-state index in [9.17, 15) is 14.7 Å². The third-order valence-corrected chi connectivity index (χ3v) is 8.33. The van der Waals surface area contributed by atoms with Gasteiger partial charge in [-0.15, -0.1) is 0 Å². The first-order valence-corrected chi connectivity index (χ1v) is 12.9. The second kappa shape index (κ2) is 11.4. The number of rotatable bonds is 7. The summed E-state index contributed by atoms with van der Waals surface area (Å²) in [5.41, 5.74) is -1.02. The van der Waals surface area contributed by atoms with Gasteiger partial charge < -0.3 is 36.6 Å². The number of hydrogen-bond acceptors (Lipinski definition) is 6. The van der Waals surface area contributed by atoms with Crippen molar-refractivity contribution in [3.8, 4) is 0 Å². The van der Waals surface area contributed by atoms with E-state index in [-0.39, 0.29) is 40.8 Å². The molecule has 1 saturated carbocycles. The van der Waals surface area contributed by atoms with Crippen LogP contribution in [0, 0.1) is 11.8 Å². The van der Waals surface area contributed by atoms with Crippen molar-refractivity contribution in [3.05, 3.63) is 54.5 Å². The van der Waals surface area contributed by atoms with Gasteiger partial charge in [-0.05, 0) is 18.4 Å². The molecule has 1 aromatic heterocycles. The van der Waals surface area contributed by atoms with Crippen LogP contribution in [-0.2, 0) is 19.9 Å². The van der Waals surface area contributed by atoms with E-state index in [1.54, 1.807) is 12.4 Å². The van der Waals surface area contributed by atoms with Crippen LogP contribution in [0.2, 0.25) is 0 Å². The summed E-state index contributed by atoms with van der Waals surface area (Å²) >= 11 is 0. The molecule has 2 bridgehead atoms. The average Bonchev–Trinajstić information content (AvgIpc) is 2.90. The fourth-order valence-electron chi connectivity index (χ4n) is 6.39. The predicted octanol–water partition coefficient (Wildman–Crippen LogP) is 0.0394. The molecule has 36 heavy (non-hydrogen) atoms. The standard InChI is InChI=1S/C27H34N4O4.BrH/c32-25(30-24-17-28-13-14-29-24)19-31-15-11-20(12-16-31)23(18-31)35-26(33)27(34,21-7-3-1-4-8-21)22-9-5-2-6-10-22;/h1,3-4,7-8,13-14,17,20,22-23,34H,2,5-6,9-12,15-16,18-19H2;1H/t20?,23-,27?,31?;/m0./s1. The highest BCUT2D eigenvalue weighted by Gasteiger charge is 2.52. The second-order valence-electron chi connectivity index (χ2n) is 10.5. The fourth-order valence-corrected chi connectivity index (χ4v) is 6.39. The quantitative estimate of drug-likeness (QED) is 0.367. The number of quaternary nitrogens is 1. The third kappa shape index (κ3) is 5.48. The molecular formula is C27H35BrN4O4. The van der Waals surface area contributed by atoms with Gasteiger partial charge in [0.1, 0.15) is 6.54 Å². The lowest BCUT2D eigenvalue weighted by Gasteiger charge is -2.52. The van der Waals surface area contributed by atoms with E-state index in [0.717, 1.165) is 58.0 Å². The molecule has 2 N–H and O–H groups in total. The minimum Gasteiger partial charge on any atom is -1.00 e. The van der Waals surface area contributed by atoms with Gasteiger partial charge >= 0.3 is 5.97 Å². The Labute approximate surface area is 222 Å². The third-order valence-electron chi connectivity index (χ3n) is 8.33. The number of carbonyl (C=O) groups is 2. The molecule has 1 amide bonds. The van der Waals surface area contributed by atoms with Crippen molar-refractivity contribution in [1.82, 2.24) is 9.97 Å². The number of carbonyl (C=O) groups excluding carboxylic acids is 2. The van der Waals surface area contributed by atoms with E-state index in [0.29, 0.717) is 29.0 Å². The highest BCUT2D eigenvalue weighted by molar-refractivity contribution is 5.90. The SMILES string of the molecule is O=C(C[N+]12CCC(CC1)[C@@H](OC(=O)C(O)(c1ccccc1)C1CCCCC1)C2)Nc1cnccn1.[Br-]. The van der Waals surface area contributed by atoms with Gasteiger partial charge in [-0.1, -0.05) is 49.6 Å². The maximum atomic E-state index is 13.7. The molecule has 1 unspecified atom stereocenters. The number of anilines is 1. The number of ether oxygens (including phenoxy) is 1. The van der Waals surface area contributed by atoms with Gasteiger partial charge in [-0.3, -0.25) is 9.78 Å². The molecule has 0 spiro atoms. The van der Waals surface area contributed by atoms with Crippen LogP contribution in [0.5, 0.6) is 0 Å². The summed E-state index contributed by atoms with van der Waals surface area (Å²) in [6, 6.07) is 9.28. The number of aliphatic hydroxyl groups is 1. The normalized spacial score (nSPS) is 27.4. The zero-order valence-corrected chi connectivity index (χ0v) is 22.1. The Bertz CT molecular complexity index is 1030. The lowest BCUT2D eigenvalue weighted by Crippen LogP contribution is -3.00. The van der Waals surface area contributed by atoms with Crippen molar-refractivity contribution in [3.63, 3.8) is 0 Å². The molecule has 2 atom stereocenters. The Hall–Kier alpha value is -2.36. The van der Waals surface area contributed by atoms with E-state index in [4.69, 9.17) is 4.74 Å². The van der Waals surface area contributed by atoms with Crippen LogP contribution in [0.25, 0.3) is 0 Å². The minimum atomic E-state index is -1.64.